The molecule has 3 N–H and O–H groups in total. The van der Waals surface area contributed by atoms with Crippen LogP contribution in [0, 0.1) is 12.8 Å². The third-order valence-electron chi connectivity index (χ3n) is 4.36. The van der Waals surface area contributed by atoms with Crippen LogP contribution in [0.5, 0.6) is 0 Å². The highest BCUT2D eigenvalue weighted by Gasteiger charge is 2.42. The van der Waals surface area contributed by atoms with Crippen LogP contribution in [0.4, 0.5) is 13.2 Å². The highest BCUT2D eigenvalue weighted by molar-refractivity contribution is 5.76. The molecular formula is C15H20F3N3O3. The molecule has 0 bridgehead atoms. The molecule has 0 saturated heterocycles. The quantitative estimate of drug-likeness (QED) is 0.771. The van der Waals surface area contributed by atoms with Gasteiger partial charge in [-0.2, -0.15) is 13.2 Å². The van der Waals surface area contributed by atoms with E-state index in [1.807, 2.05) is 0 Å². The number of hydrogen-bond donors (Lipinski definition) is 3. The number of carbonyl (C=O) groups is 1. The van der Waals surface area contributed by atoms with Gasteiger partial charge in [-0.25, -0.2) is 4.79 Å². The van der Waals surface area contributed by atoms with Crippen molar-refractivity contribution in [2.75, 3.05) is 0 Å². The monoisotopic (exact) mass is 347 g/mol. The average Bonchev–Trinajstić information content (AvgIpc) is 2.45. The van der Waals surface area contributed by atoms with Gasteiger partial charge in [0.1, 0.15) is 0 Å². The fourth-order valence-corrected chi connectivity index (χ4v) is 3.08. The Morgan fingerprint density at radius 3 is 2.58 bits per heavy atom. The van der Waals surface area contributed by atoms with Crippen LogP contribution in [0.25, 0.3) is 0 Å². The molecule has 1 aromatic heterocycles. The van der Waals surface area contributed by atoms with Crippen LogP contribution in [0.1, 0.15) is 43.4 Å². The summed E-state index contributed by atoms with van der Waals surface area (Å²) in [5.74, 6) is -1.77. The first-order valence-electron chi connectivity index (χ1n) is 7.85. The second kappa shape index (κ2) is 7.23. The molecule has 1 amide bonds. The summed E-state index contributed by atoms with van der Waals surface area (Å²) in [5, 5.41) is 2.62. The summed E-state index contributed by atoms with van der Waals surface area (Å²) in [6.07, 6.45) is -3.20. The van der Waals surface area contributed by atoms with Gasteiger partial charge < -0.3 is 10.3 Å². The smallest absolute Gasteiger partial charge is 0.353 e. The lowest BCUT2D eigenvalue weighted by atomic mass is 9.85. The number of amides is 1. The van der Waals surface area contributed by atoms with Gasteiger partial charge in [0.2, 0.25) is 5.91 Å². The van der Waals surface area contributed by atoms with Gasteiger partial charge in [0.05, 0.1) is 5.92 Å². The van der Waals surface area contributed by atoms with Crippen molar-refractivity contribution in [2.24, 2.45) is 5.92 Å². The molecule has 24 heavy (non-hydrogen) atoms. The zero-order valence-electron chi connectivity index (χ0n) is 13.3. The lowest BCUT2D eigenvalue weighted by Gasteiger charge is -2.31. The number of H-pyrrole nitrogens is 2. The summed E-state index contributed by atoms with van der Waals surface area (Å²) in [7, 11) is 0. The molecule has 0 spiro atoms. The Morgan fingerprint density at radius 1 is 1.25 bits per heavy atom. The third kappa shape index (κ3) is 4.72. The largest absolute Gasteiger partial charge is 0.391 e. The van der Waals surface area contributed by atoms with E-state index in [0.29, 0.717) is 24.1 Å². The van der Waals surface area contributed by atoms with Crippen LogP contribution >= 0.6 is 0 Å². The molecule has 1 aliphatic rings. The number of carbonyl (C=O) groups excluding carboxylic acids is 1. The molecule has 6 nitrogen and oxygen atoms in total. The first kappa shape index (κ1) is 18.3. The zero-order chi connectivity index (χ0) is 17.9. The average molecular weight is 347 g/mol. The Hall–Kier alpha value is -2.06. The number of alkyl halides is 3. The van der Waals surface area contributed by atoms with E-state index in [-0.39, 0.29) is 25.7 Å². The van der Waals surface area contributed by atoms with Crippen molar-refractivity contribution >= 4 is 5.91 Å². The molecular weight excluding hydrogens is 327 g/mol. The van der Waals surface area contributed by atoms with E-state index in [4.69, 9.17) is 0 Å². The lowest BCUT2D eigenvalue weighted by molar-refractivity contribution is -0.184. The van der Waals surface area contributed by atoms with Gasteiger partial charge in [-0.15, -0.1) is 0 Å². The highest BCUT2D eigenvalue weighted by atomic mass is 19.4. The fourth-order valence-electron chi connectivity index (χ4n) is 3.08. The van der Waals surface area contributed by atoms with Gasteiger partial charge in [-0.05, 0) is 32.6 Å². The Balaban J connectivity index is 1.90. The summed E-state index contributed by atoms with van der Waals surface area (Å²) >= 11 is 0. The van der Waals surface area contributed by atoms with Crippen LogP contribution in [0.3, 0.4) is 0 Å². The van der Waals surface area contributed by atoms with E-state index in [2.05, 4.69) is 15.3 Å². The number of aryl methyl sites for hydroxylation is 1. The van der Waals surface area contributed by atoms with Crippen molar-refractivity contribution in [1.29, 1.82) is 0 Å². The zero-order valence-corrected chi connectivity index (χ0v) is 13.3. The van der Waals surface area contributed by atoms with E-state index >= 15 is 0 Å². The maximum Gasteiger partial charge on any atom is 0.391 e. The molecule has 1 saturated carbocycles. The van der Waals surface area contributed by atoms with Gasteiger partial charge in [0.25, 0.3) is 5.56 Å². The minimum atomic E-state index is -4.23. The minimum absolute atomic E-state index is 0.0247. The Labute approximate surface area is 135 Å². The summed E-state index contributed by atoms with van der Waals surface area (Å²) in [5.41, 5.74) is -0.502. The SMILES string of the molecule is Cc1[nH]c(=O)[nH]c(=O)c1CCC(=O)N[C@H]1CCC[C@@H](C(F)(F)F)C1. The van der Waals surface area contributed by atoms with Crippen LogP contribution < -0.4 is 16.6 Å². The van der Waals surface area contributed by atoms with Gasteiger partial charge in [0.15, 0.2) is 0 Å². The van der Waals surface area contributed by atoms with Crippen LogP contribution in [-0.4, -0.2) is 28.1 Å². The molecule has 0 radical (unpaired) electrons. The van der Waals surface area contributed by atoms with Gasteiger partial charge >= 0.3 is 11.9 Å². The molecule has 2 atom stereocenters. The molecule has 1 heterocycles. The van der Waals surface area contributed by atoms with Crippen molar-refractivity contribution < 1.29 is 18.0 Å². The van der Waals surface area contributed by atoms with Crippen LogP contribution in [0.15, 0.2) is 9.59 Å². The van der Waals surface area contributed by atoms with Crippen LogP contribution in [-0.2, 0) is 11.2 Å². The molecule has 0 aromatic carbocycles. The first-order chi connectivity index (χ1) is 11.2. The lowest BCUT2D eigenvalue weighted by Crippen LogP contribution is -2.41. The second-order valence-electron chi connectivity index (χ2n) is 6.18. The molecule has 0 aliphatic heterocycles. The summed E-state index contributed by atoms with van der Waals surface area (Å²) in [4.78, 5) is 39.3. The van der Waals surface area contributed by atoms with E-state index in [0.717, 1.165) is 0 Å². The van der Waals surface area contributed by atoms with Gasteiger partial charge in [0, 0.05) is 23.7 Å². The molecule has 1 aromatic rings. The van der Waals surface area contributed by atoms with Gasteiger partial charge in [-0.1, -0.05) is 6.42 Å². The first-order valence-corrected chi connectivity index (χ1v) is 7.85. The fraction of sp³-hybridized carbons (Fsp3) is 0.667. The van der Waals surface area contributed by atoms with E-state index < -0.39 is 35.3 Å². The normalized spacial score (nSPS) is 21.5. The number of nitrogens with one attached hydrogen (secondary N) is 3. The molecule has 1 fully saturated rings. The van der Waals surface area contributed by atoms with E-state index in [1.165, 1.54) is 0 Å². The third-order valence-corrected chi connectivity index (χ3v) is 4.36. The van der Waals surface area contributed by atoms with Gasteiger partial charge in [-0.3, -0.25) is 14.6 Å². The van der Waals surface area contributed by atoms with Crippen molar-refractivity contribution in [3.63, 3.8) is 0 Å². The van der Waals surface area contributed by atoms with Crippen molar-refractivity contribution in [3.05, 3.63) is 32.1 Å². The highest BCUT2D eigenvalue weighted by Crippen LogP contribution is 2.37. The number of rotatable bonds is 4. The Morgan fingerprint density at radius 2 is 1.96 bits per heavy atom. The predicted molar refractivity (Wildman–Crippen MR) is 80.7 cm³/mol. The van der Waals surface area contributed by atoms with Crippen LogP contribution in [0.2, 0.25) is 0 Å². The molecule has 9 heteroatoms. The summed E-state index contributed by atoms with van der Waals surface area (Å²) in [6, 6.07) is -0.493. The number of aromatic nitrogens is 2. The maximum atomic E-state index is 12.8. The molecule has 1 aliphatic carbocycles. The number of aromatic amines is 2. The van der Waals surface area contributed by atoms with E-state index in [1.54, 1.807) is 6.92 Å². The van der Waals surface area contributed by atoms with Crippen molar-refractivity contribution in [3.8, 4) is 0 Å². The maximum absolute atomic E-state index is 12.8. The topological polar surface area (TPSA) is 94.8 Å². The number of hydrogen-bond acceptors (Lipinski definition) is 3. The predicted octanol–water partition coefficient (Wildman–Crippen LogP) is 1.54. The molecule has 2 rings (SSSR count). The minimum Gasteiger partial charge on any atom is -0.353 e. The summed E-state index contributed by atoms with van der Waals surface area (Å²) < 4.78 is 38.3. The summed E-state index contributed by atoms with van der Waals surface area (Å²) in [6.45, 7) is 1.55. The molecule has 134 valence electrons. The second-order valence-corrected chi connectivity index (χ2v) is 6.18. The molecule has 0 unspecified atom stereocenters. The van der Waals surface area contributed by atoms with Crippen molar-refractivity contribution in [2.45, 2.75) is 57.7 Å². The van der Waals surface area contributed by atoms with E-state index in [9.17, 15) is 27.6 Å². The number of halogens is 3. The standard InChI is InChI=1S/C15H20F3N3O3/c1-8-11(13(23)21-14(24)19-8)5-6-12(22)20-10-4-2-3-9(7-10)15(16,17)18/h9-10H,2-7H2,1H3,(H,20,22)(H2,19,21,23,24)/t9-,10+/m1/s1. The Kier molecular flexibility index (Phi) is 5.51. The van der Waals surface area contributed by atoms with Crippen molar-refractivity contribution in [1.82, 2.24) is 15.3 Å². The Bertz CT molecular complexity index is 708.